The molecule has 0 spiro atoms. The van der Waals surface area contributed by atoms with Gasteiger partial charge in [0.05, 0.1) is 9.85 Å². The Morgan fingerprint density at radius 3 is 1.27 bits per heavy atom. The zero-order chi connectivity index (χ0) is 37.1. The van der Waals surface area contributed by atoms with Crippen LogP contribution in [0.5, 0.6) is 23.0 Å². The van der Waals surface area contributed by atoms with Crippen LogP contribution in [0.15, 0.2) is 97.1 Å². The maximum Gasteiger partial charge on any atom is 0.328 e. The van der Waals surface area contributed by atoms with E-state index >= 15 is 0 Å². The number of nitrogens with zero attached hydrogens (tertiary/aromatic N) is 4. The van der Waals surface area contributed by atoms with Gasteiger partial charge < -0.3 is 29.5 Å². The van der Waals surface area contributed by atoms with Crippen molar-refractivity contribution in [3.63, 3.8) is 0 Å². The lowest BCUT2D eigenvalue weighted by molar-refractivity contribution is -0.385. The van der Waals surface area contributed by atoms with Crippen molar-refractivity contribution >= 4 is 23.3 Å². The fourth-order valence-corrected chi connectivity index (χ4v) is 7.46. The van der Waals surface area contributed by atoms with Gasteiger partial charge in [0, 0.05) is 97.4 Å². The SMILES string of the molecule is CN1C[C@@H]2c3ccccc3Oc3ccc([N+](=O)[O-])cc3[C@H]2C1.CN1C[C@@H]2c3ccccc3Oc3ccc([N+](=O)[O-])cc3[C@H]2C1.O=C(O)/C=C/C(=O)O. The molecule has 4 aromatic carbocycles. The van der Waals surface area contributed by atoms with E-state index in [1.54, 1.807) is 24.3 Å². The summed E-state index contributed by atoms with van der Waals surface area (Å²) in [7, 11) is 4.18. The number of ether oxygens (including phenoxy) is 2. The molecule has 4 aliphatic heterocycles. The number of hydrogen-bond acceptors (Lipinski definition) is 10. The molecule has 14 nitrogen and oxygen atoms in total. The van der Waals surface area contributed by atoms with E-state index in [1.165, 1.54) is 23.3 Å². The summed E-state index contributed by atoms with van der Waals surface area (Å²) in [4.78, 5) is 45.2. The van der Waals surface area contributed by atoms with E-state index in [-0.39, 0.29) is 33.1 Å². The monoisotopic (exact) mass is 708 g/mol. The molecule has 8 rings (SSSR count). The van der Waals surface area contributed by atoms with Crippen molar-refractivity contribution in [2.45, 2.75) is 23.7 Å². The summed E-state index contributed by atoms with van der Waals surface area (Å²) in [5, 5.41) is 37.8. The Balaban J connectivity index is 0.000000149. The predicted molar refractivity (Wildman–Crippen MR) is 190 cm³/mol. The minimum Gasteiger partial charge on any atom is -0.478 e. The maximum atomic E-state index is 11.1. The Morgan fingerprint density at radius 1 is 0.596 bits per heavy atom. The number of carboxylic acid groups (broad SMARTS) is 2. The van der Waals surface area contributed by atoms with Crippen molar-refractivity contribution in [1.29, 1.82) is 0 Å². The third-order valence-corrected chi connectivity index (χ3v) is 9.66. The first-order valence-corrected chi connectivity index (χ1v) is 16.5. The number of carbonyl (C=O) groups is 2. The normalized spacial score (nSPS) is 20.9. The average Bonchev–Trinajstić information content (AvgIpc) is 3.63. The molecule has 2 saturated heterocycles. The third kappa shape index (κ3) is 7.62. The molecule has 0 amide bonds. The van der Waals surface area contributed by atoms with Crippen LogP contribution in [-0.2, 0) is 9.59 Å². The molecular weight excluding hydrogens is 672 g/mol. The molecule has 0 saturated carbocycles. The van der Waals surface area contributed by atoms with Gasteiger partial charge in [-0.25, -0.2) is 9.59 Å². The molecule has 0 aromatic heterocycles. The van der Waals surface area contributed by atoms with Gasteiger partial charge in [0.2, 0.25) is 0 Å². The van der Waals surface area contributed by atoms with Gasteiger partial charge in [0.25, 0.3) is 11.4 Å². The predicted octanol–water partition coefficient (Wildman–Crippen LogP) is 6.74. The van der Waals surface area contributed by atoms with E-state index in [1.807, 2.05) is 36.4 Å². The maximum absolute atomic E-state index is 11.1. The molecule has 0 bridgehead atoms. The van der Waals surface area contributed by atoms with Crippen molar-refractivity contribution in [3.8, 4) is 23.0 Å². The Kier molecular flexibility index (Phi) is 10.3. The molecule has 14 heteroatoms. The molecular formula is C38H36N4O10. The molecule has 0 radical (unpaired) electrons. The molecule has 4 aromatic rings. The largest absolute Gasteiger partial charge is 0.478 e. The second-order valence-corrected chi connectivity index (χ2v) is 13.1. The molecule has 2 N–H and O–H groups in total. The second-order valence-electron chi connectivity index (χ2n) is 13.1. The number of likely N-dealkylation sites (tertiary alicyclic amines) is 2. The van der Waals surface area contributed by atoms with Crippen LogP contribution in [0.3, 0.4) is 0 Å². The van der Waals surface area contributed by atoms with Crippen LogP contribution in [0.25, 0.3) is 0 Å². The van der Waals surface area contributed by atoms with Crippen molar-refractivity contribution < 1.29 is 39.1 Å². The number of para-hydroxylation sites is 2. The summed E-state index contributed by atoms with van der Waals surface area (Å²) in [6.07, 6.45) is 1.12. The zero-order valence-electron chi connectivity index (χ0n) is 28.3. The van der Waals surface area contributed by atoms with Gasteiger partial charge in [-0.1, -0.05) is 36.4 Å². The van der Waals surface area contributed by atoms with Gasteiger partial charge in [-0.15, -0.1) is 0 Å². The molecule has 0 aliphatic carbocycles. The summed E-state index contributed by atoms with van der Waals surface area (Å²) in [6, 6.07) is 26.0. The summed E-state index contributed by atoms with van der Waals surface area (Å²) in [5.41, 5.74) is 4.52. The van der Waals surface area contributed by atoms with Gasteiger partial charge in [-0.2, -0.15) is 0 Å². The number of benzene rings is 4. The Labute approximate surface area is 298 Å². The number of likely N-dealkylation sites (N-methyl/N-ethyl adjacent to an activating group) is 2. The topological polar surface area (TPSA) is 186 Å². The minimum absolute atomic E-state index is 0.126. The van der Waals surface area contributed by atoms with Gasteiger partial charge >= 0.3 is 11.9 Å². The number of hydrogen-bond donors (Lipinski definition) is 2. The van der Waals surface area contributed by atoms with E-state index in [4.69, 9.17) is 19.7 Å². The number of aliphatic carboxylic acids is 2. The molecule has 4 atom stereocenters. The van der Waals surface area contributed by atoms with E-state index in [0.717, 1.165) is 60.3 Å². The van der Waals surface area contributed by atoms with Crippen molar-refractivity contribution in [2.75, 3.05) is 40.3 Å². The minimum atomic E-state index is -1.26. The Bertz CT molecular complexity index is 1920. The van der Waals surface area contributed by atoms with Crippen molar-refractivity contribution in [3.05, 3.63) is 140 Å². The number of fused-ring (bicyclic) bond motifs is 10. The van der Waals surface area contributed by atoms with E-state index in [9.17, 15) is 29.8 Å². The lowest BCUT2D eigenvalue weighted by Gasteiger charge is -2.16. The van der Waals surface area contributed by atoms with Crippen LogP contribution < -0.4 is 9.47 Å². The Hall–Kier alpha value is -6.12. The molecule has 52 heavy (non-hydrogen) atoms. The molecule has 2 fully saturated rings. The average molecular weight is 709 g/mol. The first-order chi connectivity index (χ1) is 24.9. The highest BCUT2D eigenvalue weighted by molar-refractivity contribution is 5.89. The van der Waals surface area contributed by atoms with Crippen molar-refractivity contribution in [2.24, 2.45) is 0 Å². The number of nitro groups is 2. The van der Waals surface area contributed by atoms with E-state index in [0.29, 0.717) is 24.0 Å². The van der Waals surface area contributed by atoms with Crippen molar-refractivity contribution in [1.82, 2.24) is 9.80 Å². The number of nitro benzene ring substituents is 2. The molecule has 0 unspecified atom stereocenters. The lowest BCUT2D eigenvalue weighted by atomic mass is 9.84. The summed E-state index contributed by atoms with van der Waals surface area (Å²) in [5.74, 6) is 1.75. The van der Waals surface area contributed by atoms with Crippen LogP contribution in [0.4, 0.5) is 11.4 Å². The molecule has 4 aliphatic rings. The van der Waals surface area contributed by atoms with Gasteiger partial charge in [-0.3, -0.25) is 20.2 Å². The highest BCUT2D eigenvalue weighted by Crippen LogP contribution is 2.51. The fourth-order valence-electron chi connectivity index (χ4n) is 7.46. The van der Waals surface area contributed by atoms with Gasteiger partial charge in [0.15, 0.2) is 0 Å². The van der Waals surface area contributed by atoms with Crippen LogP contribution in [-0.4, -0.2) is 82.1 Å². The Morgan fingerprint density at radius 2 is 0.923 bits per heavy atom. The number of non-ortho nitro benzene ring substituents is 2. The van der Waals surface area contributed by atoms with Crippen LogP contribution >= 0.6 is 0 Å². The first kappa shape index (κ1) is 35.7. The first-order valence-electron chi connectivity index (χ1n) is 16.5. The smallest absolute Gasteiger partial charge is 0.328 e. The highest BCUT2D eigenvalue weighted by atomic mass is 16.6. The quantitative estimate of drug-likeness (QED) is 0.129. The van der Waals surface area contributed by atoms with E-state index < -0.39 is 11.9 Å². The summed E-state index contributed by atoms with van der Waals surface area (Å²) < 4.78 is 12.1. The number of rotatable bonds is 4. The zero-order valence-corrected chi connectivity index (χ0v) is 28.3. The van der Waals surface area contributed by atoms with Gasteiger partial charge in [0.1, 0.15) is 23.0 Å². The van der Waals surface area contributed by atoms with E-state index in [2.05, 4.69) is 36.0 Å². The van der Waals surface area contributed by atoms with Gasteiger partial charge in [-0.05, 0) is 49.5 Å². The summed E-state index contributed by atoms with van der Waals surface area (Å²) in [6.45, 7) is 3.65. The highest BCUT2D eigenvalue weighted by Gasteiger charge is 2.40. The molecule has 268 valence electrons. The summed E-state index contributed by atoms with van der Waals surface area (Å²) >= 11 is 0. The van der Waals surface area contributed by atoms with Crippen LogP contribution in [0.1, 0.15) is 45.9 Å². The second kappa shape index (κ2) is 15.0. The fraction of sp³-hybridized carbons (Fsp3) is 0.263. The standard InChI is InChI=1S/2C17H16N2O3.C4H4O4/c2*1-18-9-14-12-4-2-3-5-16(12)22-17-7-6-11(19(20)21)8-13(17)15(14)10-18;5-3(6)1-2-4(7)8/h2*2-8,14-15H,9-10H2,1H3;1-2H,(H,5,6)(H,7,8)/b;;2-1+/t2*14-,15-;/m11./s1. The lowest BCUT2D eigenvalue weighted by Crippen LogP contribution is -2.14. The van der Waals surface area contributed by atoms with Crippen LogP contribution in [0, 0.1) is 20.2 Å². The third-order valence-electron chi connectivity index (χ3n) is 9.66. The molecule has 4 heterocycles. The van der Waals surface area contributed by atoms with Crippen LogP contribution in [0.2, 0.25) is 0 Å². The number of carboxylic acids is 2.